The zero-order valence-electron chi connectivity index (χ0n) is 16.8. The Kier molecular flexibility index (Phi) is 9.92. The van der Waals surface area contributed by atoms with E-state index in [1.54, 1.807) is 0 Å². The number of hydrogen-bond acceptors (Lipinski definition) is 1. The van der Waals surface area contributed by atoms with Gasteiger partial charge in [0.05, 0.1) is 6.61 Å². The van der Waals surface area contributed by atoms with Crippen LogP contribution >= 0.6 is 31.9 Å². The first-order chi connectivity index (χ1) is 13.0. The van der Waals surface area contributed by atoms with Crippen molar-refractivity contribution in [2.24, 2.45) is 11.8 Å². The maximum atomic E-state index is 6.21. The van der Waals surface area contributed by atoms with Crippen molar-refractivity contribution in [2.45, 2.75) is 57.1 Å². The minimum Gasteiger partial charge on any atom is -0.493 e. The summed E-state index contributed by atoms with van der Waals surface area (Å²) in [6, 6.07) is 15.0. The van der Waals surface area contributed by atoms with Crippen molar-refractivity contribution in [1.29, 1.82) is 0 Å². The normalized spacial score (nSPS) is 12.4. The highest BCUT2D eigenvalue weighted by molar-refractivity contribution is 9.08. The second-order valence-corrected chi connectivity index (χ2v) is 8.94. The van der Waals surface area contributed by atoms with Gasteiger partial charge in [0, 0.05) is 16.2 Å². The Bertz CT molecular complexity index is 682. The van der Waals surface area contributed by atoms with Crippen molar-refractivity contribution in [3.8, 4) is 16.9 Å². The molecular weight excluding hydrogens is 464 g/mol. The van der Waals surface area contributed by atoms with Crippen LogP contribution < -0.4 is 4.74 Å². The Morgan fingerprint density at radius 3 is 2.19 bits per heavy atom. The Labute approximate surface area is 182 Å². The van der Waals surface area contributed by atoms with E-state index in [0.29, 0.717) is 0 Å². The van der Waals surface area contributed by atoms with Gasteiger partial charge in [-0.1, -0.05) is 102 Å². The first-order valence-corrected chi connectivity index (χ1v) is 12.2. The number of alkyl halides is 2. The van der Waals surface area contributed by atoms with Crippen LogP contribution in [-0.2, 0) is 10.7 Å². The number of rotatable bonds is 11. The third-order valence-corrected chi connectivity index (χ3v) is 6.21. The van der Waals surface area contributed by atoms with Gasteiger partial charge in [0.25, 0.3) is 0 Å². The first kappa shape index (κ1) is 22.5. The molecule has 148 valence electrons. The fraction of sp³-hybridized carbons (Fsp3) is 0.500. The average molecular weight is 496 g/mol. The van der Waals surface area contributed by atoms with Gasteiger partial charge in [0.15, 0.2) is 0 Å². The largest absolute Gasteiger partial charge is 0.493 e. The predicted octanol–water partition coefficient (Wildman–Crippen LogP) is 8.37. The van der Waals surface area contributed by atoms with Crippen molar-refractivity contribution < 1.29 is 4.74 Å². The molecule has 0 aromatic heterocycles. The minimum absolute atomic E-state index is 0.718. The summed E-state index contributed by atoms with van der Waals surface area (Å²) in [6.45, 7) is 7.74. The fourth-order valence-electron chi connectivity index (χ4n) is 3.29. The van der Waals surface area contributed by atoms with Crippen molar-refractivity contribution in [1.82, 2.24) is 0 Å². The average Bonchev–Trinajstić information content (AvgIpc) is 2.67. The molecule has 0 spiro atoms. The molecule has 1 atom stereocenters. The second-order valence-electron chi connectivity index (χ2n) is 7.82. The van der Waals surface area contributed by atoms with Crippen LogP contribution in [0.3, 0.4) is 0 Å². The maximum Gasteiger partial charge on any atom is 0.123 e. The van der Waals surface area contributed by atoms with Gasteiger partial charge in [-0.2, -0.15) is 0 Å². The van der Waals surface area contributed by atoms with Crippen LogP contribution in [0.1, 0.15) is 57.6 Å². The van der Waals surface area contributed by atoms with Gasteiger partial charge in [0.2, 0.25) is 0 Å². The quantitative estimate of drug-likeness (QED) is 0.284. The highest BCUT2D eigenvalue weighted by Gasteiger charge is 2.12. The zero-order valence-corrected chi connectivity index (χ0v) is 20.0. The van der Waals surface area contributed by atoms with Crippen molar-refractivity contribution in [3.05, 3.63) is 53.6 Å². The summed E-state index contributed by atoms with van der Waals surface area (Å²) in [6.07, 6.45) is 5.07. The van der Waals surface area contributed by atoms with Gasteiger partial charge in [0.1, 0.15) is 5.75 Å². The highest BCUT2D eigenvalue weighted by atomic mass is 79.9. The van der Waals surface area contributed by atoms with Crippen molar-refractivity contribution in [3.63, 3.8) is 0 Å². The number of hydrogen-bond donors (Lipinski definition) is 0. The highest BCUT2D eigenvalue weighted by Crippen LogP contribution is 2.33. The van der Waals surface area contributed by atoms with Crippen LogP contribution in [0.4, 0.5) is 0 Å². The van der Waals surface area contributed by atoms with E-state index >= 15 is 0 Å². The van der Waals surface area contributed by atoms with Crippen LogP contribution in [-0.4, -0.2) is 6.61 Å². The van der Waals surface area contributed by atoms with Gasteiger partial charge < -0.3 is 4.74 Å². The molecule has 0 saturated carbocycles. The molecule has 2 rings (SSSR count). The molecule has 3 heteroatoms. The van der Waals surface area contributed by atoms with Gasteiger partial charge >= 0.3 is 0 Å². The summed E-state index contributed by atoms with van der Waals surface area (Å²) in [5.41, 5.74) is 5.01. The third-order valence-electron chi connectivity index (χ3n) is 5.01. The minimum atomic E-state index is 0.718. The van der Waals surface area contributed by atoms with E-state index in [4.69, 9.17) is 4.74 Å². The molecule has 2 aromatic carbocycles. The van der Waals surface area contributed by atoms with Crippen molar-refractivity contribution >= 4 is 31.9 Å². The summed E-state index contributed by atoms with van der Waals surface area (Å²) < 4.78 is 6.21. The lowest BCUT2D eigenvalue weighted by Gasteiger charge is -2.17. The Morgan fingerprint density at radius 2 is 1.56 bits per heavy atom. The van der Waals surface area contributed by atoms with E-state index in [9.17, 15) is 0 Å². The Hall–Kier alpha value is -0.800. The van der Waals surface area contributed by atoms with Gasteiger partial charge in [-0.3, -0.25) is 0 Å². The van der Waals surface area contributed by atoms with E-state index in [1.807, 2.05) is 0 Å². The van der Waals surface area contributed by atoms with Gasteiger partial charge in [-0.05, 0) is 47.1 Å². The summed E-state index contributed by atoms with van der Waals surface area (Å²) >= 11 is 7.29. The fourth-order valence-corrected chi connectivity index (χ4v) is 4.19. The molecule has 0 fully saturated rings. The molecule has 0 aliphatic heterocycles. The lowest BCUT2D eigenvalue weighted by molar-refractivity contribution is 0.274. The van der Waals surface area contributed by atoms with E-state index < -0.39 is 0 Å². The summed E-state index contributed by atoms with van der Waals surface area (Å²) in [4.78, 5) is 0. The van der Waals surface area contributed by atoms with Crippen molar-refractivity contribution in [2.75, 3.05) is 6.61 Å². The van der Waals surface area contributed by atoms with E-state index in [-0.39, 0.29) is 0 Å². The van der Waals surface area contributed by atoms with E-state index in [0.717, 1.165) is 41.3 Å². The Morgan fingerprint density at radius 1 is 0.852 bits per heavy atom. The molecule has 0 amide bonds. The van der Waals surface area contributed by atoms with Crippen LogP contribution in [0.25, 0.3) is 11.1 Å². The molecular formula is C24H32Br2O. The molecule has 0 radical (unpaired) electrons. The second kappa shape index (κ2) is 11.9. The molecule has 27 heavy (non-hydrogen) atoms. The molecule has 0 bridgehead atoms. The first-order valence-electron chi connectivity index (χ1n) is 10.0. The smallest absolute Gasteiger partial charge is 0.123 e. The maximum absolute atomic E-state index is 6.21. The lowest BCUT2D eigenvalue weighted by Crippen LogP contribution is -2.06. The third kappa shape index (κ3) is 7.27. The number of ether oxygens (including phenoxy) is 1. The number of halogens is 2. The van der Waals surface area contributed by atoms with Crippen LogP contribution in [0.2, 0.25) is 0 Å². The predicted molar refractivity (Wildman–Crippen MR) is 125 cm³/mol. The topological polar surface area (TPSA) is 9.23 Å². The molecule has 0 saturated heterocycles. The van der Waals surface area contributed by atoms with E-state index in [2.05, 4.69) is 95.1 Å². The molecule has 0 N–H and O–H groups in total. The van der Waals surface area contributed by atoms with Gasteiger partial charge in [-0.15, -0.1) is 0 Å². The molecule has 0 aliphatic rings. The van der Waals surface area contributed by atoms with E-state index in [1.165, 1.54) is 41.5 Å². The van der Waals surface area contributed by atoms with Crippen LogP contribution in [0.15, 0.2) is 42.5 Å². The summed E-state index contributed by atoms with van der Waals surface area (Å²) in [5.74, 6) is 2.53. The lowest BCUT2D eigenvalue weighted by atomic mass is 9.97. The van der Waals surface area contributed by atoms with Crippen LogP contribution in [0, 0.1) is 11.8 Å². The summed E-state index contributed by atoms with van der Waals surface area (Å²) in [7, 11) is 0. The zero-order chi connectivity index (χ0) is 19.6. The molecule has 0 heterocycles. The standard InChI is InChI=1S/C24H32Br2O/c1-18(2)8-7-9-19(3)12-13-27-24-15-21(16-25)23(14-22(24)17-26)20-10-5-4-6-11-20/h4-6,10-11,14-15,18-19H,7-9,12-13,16-17H2,1-3H3. The monoisotopic (exact) mass is 494 g/mol. The molecule has 1 unspecified atom stereocenters. The molecule has 2 aromatic rings. The molecule has 1 nitrogen and oxygen atoms in total. The summed E-state index contributed by atoms with van der Waals surface area (Å²) in [5, 5.41) is 1.62. The SMILES string of the molecule is CC(C)CCCC(C)CCOc1cc(CBr)c(-c2ccccc2)cc1CBr. The van der Waals surface area contributed by atoms with Gasteiger partial charge in [-0.25, -0.2) is 0 Å². The van der Waals surface area contributed by atoms with Crippen LogP contribution in [0.5, 0.6) is 5.75 Å². The Balaban J connectivity index is 2.02. The number of benzene rings is 2. The molecule has 0 aliphatic carbocycles.